The number of rotatable bonds is 2. The van der Waals surface area contributed by atoms with Crippen molar-refractivity contribution in [3.63, 3.8) is 0 Å². The molecule has 2 aliphatic rings. The summed E-state index contributed by atoms with van der Waals surface area (Å²) in [5.41, 5.74) is -0.1000. The Bertz CT molecular complexity index is 998. The van der Waals surface area contributed by atoms with Crippen molar-refractivity contribution in [1.29, 1.82) is 0 Å². The van der Waals surface area contributed by atoms with Gasteiger partial charge in [-0.25, -0.2) is 0 Å². The number of aliphatic hydroxyl groups is 1. The van der Waals surface area contributed by atoms with E-state index in [4.69, 9.17) is 0 Å². The number of carbonyl (C=O) groups excluding carboxylic acids is 1. The smallest absolute Gasteiger partial charge is 0.362 e. The maximum absolute atomic E-state index is 13.9. The Labute approximate surface area is 165 Å². The minimum absolute atomic E-state index is 0.134. The maximum atomic E-state index is 13.9. The normalized spacial score (nSPS) is 24.4. The van der Waals surface area contributed by atoms with Gasteiger partial charge in [-0.3, -0.25) is 9.89 Å². The van der Waals surface area contributed by atoms with Gasteiger partial charge in [0.25, 0.3) is 11.6 Å². The predicted molar refractivity (Wildman–Crippen MR) is 100 cm³/mol. The number of halogens is 3. The first kappa shape index (κ1) is 19.6. The van der Waals surface area contributed by atoms with Crippen molar-refractivity contribution in [2.45, 2.75) is 51.4 Å². The van der Waals surface area contributed by atoms with Gasteiger partial charge in [-0.05, 0) is 44.7 Å². The fraction of sp³-hybridized carbons (Fsp3) is 0.450. The lowest BCUT2D eigenvalue weighted by molar-refractivity contribution is -0.312. The molecule has 1 fully saturated rings. The van der Waals surface area contributed by atoms with Gasteiger partial charge in [0.05, 0.1) is 11.6 Å². The molecule has 29 heavy (non-hydrogen) atoms. The SMILES string of the molecule is Cc1ccc(-c2cc(C(=O)N3N=C4CCCC[C@@H]4[C@@]3(O)C(F)(F)F)[nH]n2)c(C)c1. The number of hydrogen-bond acceptors (Lipinski definition) is 4. The summed E-state index contributed by atoms with van der Waals surface area (Å²) in [5, 5.41) is 21.3. The van der Waals surface area contributed by atoms with Crippen LogP contribution >= 0.6 is 0 Å². The van der Waals surface area contributed by atoms with Crippen LogP contribution in [0.2, 0.25) is 0 Å². The zero-order chi connectivity index (χ0) is 21.0. The Kier molecular flexibility index (Phi) is 4.53. The minimum Gasteiger partial charge on any atom is -0.362 e. The molecule has 2 N–H and O–H groups in total. The molecule has 0 spiro atoms. The van der Waals surface area contributed by atoms with Crippen molar-refractivity contribution in [2.75, 3.05) is 0 Å². The number of H-pyrrole nitrogens is 1. The molecule has 1 aliphatic carbocycles. The van der Waals surface area contributed by atoms with E-state index in [9.17, 15) is 23.1 Å². The van der Waals surface area contributed by atoms with Crippen molar-refractivity contribution < 1.29 is 23.1 Å². The monoisotopic (exact) mass is 406 g/mol. The van der Waals surface area contributed by atoms with Crippen molar-refractivity contribution in [2.24, 2.45) is 11.0 Å². The Morgan fingerprint density at radius 3 is 2.72 bits per heavy atom. The number of fused-ring (bicyclic) bond motifs is 1. The Morgan fingerprint density at radius 2 is 2.03 bits per heavy atom. The van der Waals surface area contributed by atoms with Crippen molar-refractivity contribution >= 4 is 11.6 Å². The Balaban J connectivity index is 1.70. The number of nitrogens with zero attached hydrogens (tertiary/aromatic N) is 3. The van der Waals surface area contributed by atoms with Gasteiger partial charge in [0.1, 0.15) is 5.69 Å². The van der Waals surface area contributed by atoms with Gasteiger partial charge in [-0.1, -0.05) is 30.2 Å². The highest BCUT2D eigenvalue weighted by Crippen LogP contribution is 2.48. The zero-order valence-electron chi connectivity index (χ0n) is 16.0. The first-order chi connectivity index (χ1) is 13.6. The van der Waals surface area contributed by atoms with Gasteiger partial charge in [-0.15, -0.1) is 0 Å². The summed E-state index contributed by atoms with van der Waals surface area (Å²) >= 11 is 0. The summed E-state index contributed by atoms with van der Waals surface area (Å²) in [5.74, 6) is -2.29. The van der Waals surface area contributed by atoms with E-state index in [1.807, 2.05) is 32.0 Å². The molecule has 2 heterocycles. The van der Waals surface area contributed by atoms with E-state index in [2.05, 4.69) is 15.3 Å². The summed E-state index contributed by atoms with van der Waals surface area (Å²) in [7, 11) is 0. The number of amides is 1. The second-order valence-corrected chi connectivity index (χ2v) is 7.72. The average Bonchev–Trinajstić information content (AvgIpc) is 3.25. The number of nitrogens with one attached hydrogen (secondary N) is 1. The molecule has 1 aromatic heterocycles. The highest BCUT2D eigenvalue weighted by atomic mass is 19.4. The van der Waals surface area contributed by atoms with Crippen LogP contribution in [-0.2, 0) is 0 Å². The second kappa shape index (κ2) is 6.69. The summed E-state index contributed by atoms with van der Waals surface area (Å²) in [6, 6.07) is 7.06. The number of aromatic amines is 1. The number of hydrazone groups is 1. The molecule has 1 aliphatic heterocycles. The summed E-state index contributed by atoms with van der Waals surface area (Å²) in [6.07, 6.45) is -3.33. The highest BCUT2D eigenvalue weighted by Gasteiger charge is 2.68. The van der Waals surface area contributed by atoms with E-state index in [1.54, 1.807) is 0 Å². The second-order valence-electron chi connectivity index (χ2n) is 7.72. The Morgan fingerprint density at radius 1 is 1.28 bits per heavy atom. The van der Waals surface area contributed by atoms with E-state index in [-0.39, 0.29) is 22.8 Å². The third kappa shape index (κ3) is 3.04. The molecule has 154 valence electrons. The number of hydrogen-bond donors (Lipinski definition) is 2. The third-order valence-corrected chi connectivity index (χ3v) is 5.69. The molecule has 1 saturated carbocycles. The molecule has 1 amide bonds. The van der Waals surface area contributed by atoms with Gasteiger partial charge in [0.15, 0.2) is 0 Å². The molecule has 6 nitrogen and oxygen atoms in total. The number of benzene rings is 1. The zero-order valence-corrected chi connectivity index (χ0v) is 16.0. The van der Waals surface area contributed by atoms with Crippen LogP contribution in [0, 0.1) is 19.8 Å². The first-order valence-corrected chi connectivity index (χ1v) is 9.47. The molecule has 9 heteroatoms. The van der Waals surface area contributed by atoms with Gasteiger partial charge < -0.3 is 5.11 Å². The van der Waals surface area contributed by atoms with Crippen molar-refractivity contribution in [1.82, 2.24) is 15.2 Å². The lowest BCUT2D eigenvalue weighted by atomic mass is 9.80. The molecule has 4 rings (SSSR count). The van der Waals surface area contributed by atoms with Crippen LogP contribution in [0.1, 0.15) is 47.3 Å². The summed E-state index contributed by atoms with van der Waals surface area (Å²) in [6.45, 7) is 3.83. The molecule has 0 saturated heterocycles. The quantitative estimate of drug-likeness (QED) is 0.793. The third-order valence-electron chi connectivity index (χ3n) is 5.69. The van der Waals surface area contributed by atoms with Gasteiger partial charge in [-0.2, -0.15) is 28.4 Å². The van der Waals surface area contributed by atoms with Crippen LogP contribution in [0.4, 0.5) is 13.2 Å². The number of carbonyl (C=O) groups is 1. The fourth-order valence-electron chi connectivity index (χ4n) is 4.20. The molecule has 0 radical (unpaired) electrons. The molecule has 1 aromatic carbocycles. The van der Waals surface area contributed by atoms with E-state index in [1.165, 1.54) is 6.07 Å². The van der Waals surface area contributed by atoms with Crippen LogP contribution in [0.3, 0.4) is 0 Å². The molecule has 2 aromatic rings. The summed E-state index contributed by atoms with van der Waals surface area (Å²) < 4.78 is 41.6. The molecule has 2 atom stereocenters. The van der Waals surface area contributed by atoms with Gasteiger partial charge in [0, 0.05) is 11.3 Å². The standard InChI is InChI=1S/C20H21F3N4O2/c1-11-7-8-13(12(2)9-11)16-10-17(25-24-16)18(28)27-19(29,20(21,22)23)14-5-3-4-6-15(14)26-27/h7-10,14,29H,3-6H2,1-2H3,(H,24,25)/t14-,19+/m0/s1. The molecular weight excluding hydrogens is 385 g/mol. The predicted octanol–water partition coefficient (Wildman–Crippen LogP) is 3.95. The van der Waals surface area contributed by atoms with Crippen LogP contribution in [0.25, 0.3) is 11.3 Å². The van der Waals surface area contributed by atoms with Gasteiger partial charge >= 0.3 is 6.18 Å². The van der Waals surface area contributed by atoms with E-state index in [0.717, 1.165) is 16.7 Å². The van der Waals surface area contributed by atoms with Crippen LogP contribution in [-0.4, -0.2) is 43.8 Å². The fourth-order valence-corrected chi connectivity index (χ4v) is 4.20. The maximum Gasteiger partial charge on any atom is 0.439 e. The number of aromatic nitrogens is 2. The minimum atomic E-state index is -5.04. The van der Waals surface area contributed by atoms with Gasteiger partial charge in [0.2, 0.25) is 0 Å². The lowest BCUT2D eigenvalue weighted by Gasteiger charge is -2.37. The number of alkyl halides is 3. The largest absolute Gasteiger partial charge is 0.439 e. The topological polar surface area (TPSA) is 81.6 Å². The Hall–Kier alpha value is -2.68. The molecule has 0 bridgehead atoms. The first-order valence-electron chi connectivity index (χ1n) is 9.47. The number of aryl methyl sites for hydroxylation is 2. The van der Waals surface area contributed by atoms with Crippen LogP contribution < -0.4 is 0 Å². The lowest BCUT2D eigenvalue weighted by Crippen LogP contribution is -2.61. The molecular formula is C20H21F3N4O2. The van der Waals surface area contributed by atoms with Crippen LogP contribution in [0.15, 0.2) is 29.4 Å². The molecule has 0 unspecified atom stereocenters. The van der Waals surface area contributed by atoms with Crippen molar-refractivity contribution in [3.8, 4) is 11.3 Å². The summed E-state index contributed by atoms with van der Waals surface area (Å²) in [4.78, 5) is 12.9. The average molecular weight is 406 g/mol. The van der Waals surface area contributed by atoms with Crippen LogP contribution in [0.5, 0.6) is 0 Å². The van der Waals surface area contributed by atoms with Crippen molar-refractivity contribution in [3.05, 3.63) is 41.1 Å². The van der Waals surface area contributed by atoms with E-state index in [0.29, 0.717) is 25.0 Å². The van der Waals surface area contributed by atoms with E-state index >= 15 is 0 Å². The van der Waals surface area contributed by atoms with E-state index < -0.39 is 23.7 Å². The highest BCUT2D eigenvalue weighted by molar-refractivity contribution is 5.99.